The SMILES string of the molecule is Cc1ccc2cccc([O][Ga]([O]C(=O)c3ccsc3)[O]c3cccc4ccc(C)nc34)c2n1. The second-order valence-corrected chi connectivity index (χ2v) is 11.0. The molecule has 6 nitrogen and oxygen atoms in total. The Kier molecular flexibility index (Phi) is 6.04. The quantitative estimate of drug-likeness (QED) is 0.269. The average molecular weight is 513 g/mol. The van der Waals surface area contributed by atoms with Gasteiger partial charge in [0, 0.05) is 0 Å². The standard InChI is InChI=1S/2C10H9NO.C5H4O2S.Ga/c2*1-7-5-6-8-3-2-4-9(12)10(8)11-7;6-5(7)4-1-2-8-3-4;/h2*2-6,12H,1H3;1-3H,(H,6,7);/q;;;+3/p-3. The van der Waals surface area contributed by atoms with E-state index < -0.39 is 23.3 Å². The molecular weight excluding hydrogens is 494 g/mol. The molecule has 0 N–H and O–H groups in total. The molecule has 0 saturated heterocycles. The maximum atomic E-state index is 12.8. The Morgan fingerprint density at radius 1 is 0.788 bits per heavy atom. The predicted octanol–water partition coefficient (Wildman–Crippen LogP) is 5.76. The van der Waals surface area contributed by atoms with E-state index in [1.807, 2.05) is 79.9 Å². The second-order valence-electron chi connectivity index (χ2n) is 7.50. The third kappa shape index (κ3) is 4.73. The molecule has 3 aromatic heterocycles. The fourth-order valence-electron chi connectivity index (χ4n) is 3.44. The number of thiophene rings is 1. The van der Waals surface area contributed by atoms with Crippen LogP contribution in [0.2, 0.25) is 0 Å². The van der Waals surface area contributed by atoms with Gasteiger partial charge in [0.25, 0.3) is 0 Å². The average Bonchev–Trinajstić information content (AvgIpc) is 3.35. The van der Waals surface area contributed by atoms with Gasteiger partial charge in [-0.1, -0.05) is 0 Å². The molecule has 0 unspecified atom stereocenters. The van der Waals surface area contributed by atoms with Crippen molar-refractivity contribution in [3.8, 4) is 11.5 Å². The van der Waals surface area contributed by atoms with Crippen molar-refractivity contribution in [3.05, 3.63) is 94.4 Å². The van der Waals surface area contributed by atoms with Crippen molar-refractivity contribution in [2.24, 2.45) is 0 Å². The fraction of sp³-hybridized carbons (Fsp3) is 0.0800. The number of aromatic nitrogens is 2. The summed E-state index contributed by atoms with van der Waals surface area (Å²) in [5.41, 5.74) is 3.62. The number of carbonyl (C=O) groups is 1. The Morgan fingerprint density at radius 2 is 1.36 bits per heavy atom. The molecule has 0 saturated carbocycles. The number of hydrogen-bond donors (Lipinski definition) is 0. The molecule has 0 amide bonds. The maximum absolute atomic E-state index is 12.8. The molecule has 0 atom stereocenters. The molecule has 5 aromatic rings. The van der Waals surface area contributed by atoms with Gasteiger partial charge in [-0.05, 0) is 0 Å². The number of para-hydroxylation sites is 2. The van der Waals surface area contributed by atoms with Gasteiger partial charge >= 0.3 is 202 Å². The summed E-state index contributed by atoms with van der Waals surface area (Å²) in [4.78, 5) is 22.0. The monoisotopic (exact) mass is 512 g/mol. The fourth-order valence-corrected chi connectivity index (χ4v) is 6.69. The first kappa shape index (κ1) is 21.5. The molecule has 0 radical (unpaired) electrons. The first-order valence-electron chi connectivity index (χ1n) is 10.4. The molecule has 8 heteroatoms. The number of rotatable bonds is 6. The molecular formula is C25H19GaN2O4S. The van der Waals surface area contributed by atoms with E-state index in [0.717, 1.165) is 22.2 Å². The van der Waals surface area contributed by atoms with E-state index in [9.17, 15) is 4.79 Å². The third-order valence-corrected chi connectivity index (χ3v) is 8.46. The number of fused-ring (bicyclic) bond motifs is 2. The summed E-state index contributed by atoms with van der Waals surface area (Å²) in [5, 5.41) is 5.44. The molecule has 33 heavy (non-hydrogen) atoms. The number of pyridine rings is 2. The molecule has 162 valence electrons. The Morgan fingerprint density at radius 3 is 1.88 bits per heavy atom. The molecule has 0 fully saturated rings. The van der Waals surface area contributed by atoms with E-state index in [1.54, 1.807) is 11.4 Å². The topological polar surface area (TPSA) is 70.5 Å². The van der Waals surface area contributed by atoms with Crippen LogP contribution in [0.15, 0.2) is 77.5 Å². The van der Waals surface area contributed by atoms with Crippen LogP contribution in [0.3, 0.4) is 0 Å². The second kappa shape index (κ2) is 9.26. The molecule has 0 aliphatic carbocycles. The van der Waals surface area contributed by atoms with Crippen molar-refractivity contribution >= 4 is 56.4 Å². The summed E-state index contributed by atoms with van der Waals surface area (Å²) in [6, 6.07) is 20.9. The molecule has 0 spiro atoms. The number of benzene rings is 2. The number of carbonyl (C=O) groups excluding carboxylic acids is 1. The van der Waals surface area contributed by atoms with E-state index in [0.29, 0.717) is 28.1 Å². The molecule has 2 aromatic carbocycles. The molecule has 5 rings (SSSR count). The number of hydrogen-bond acceptors (Lipinski definition) is 7. The zero-order chi connectivity index (χ0) is 22.8. The van der Waals surface area contributed by atoms with Gasteiger partial charge in [-0.2, -0.15) is 0 Å². The molecule has 0 bridgehead atoms. The Labute approximate surface area is 201 Å². The van der Waals surface area contributed by atoms with Crippen LogP contribution in [-0.4, -0.2) is 33.2 Å². The van der Waals surface area contributed by atoms with Crippen LogP contribution in [0.5, 0.6) is 11.5 Å². The summed E-state index contributed by atoms with van der Waals surface area (Å²) in [7, 11) is 0. The van der Waals surface area contributed by atoms with Crippen LogP contribution in [0, 0.1) is 13.8 Å². The Bertz CT molecular complexity index is 1370. The van der Waals surface area contributed by atoms with Crippen molar-refractivity contribution in [2.75, 3.05) is 0 Å². The van der Waals surface area contributed by atoms with Crippen molar-refractivity contribution in [1.82, 2.24) is 9.97 Å². The Hall–Kier alpha value is -3.33. The van der Waals surface area contributed by atoms with Gasteiger partial charge in [0.1, 0.15) is 0 Å². The van der Waals surface area contributed by atoms with Crippen LogP contribution in [0.25, 0.3) is 21.8 Å². The van der Waals surface area contributed by atoms with Crippen LogP contribution < -0.4 is 7.06 Å². The van der Waals surface area contributed by atoms with Crippen molar-refractivity contribution < 1.29 is 15.4 Å². The van der Waals surface area contributed by atoms with E-state index in [1.165, 1.54) is 11.3 Å². The van der Waals surface area contributed by atoms with E-state index in [4.69, 9.17) is 10.6 Å². The van der Waals surface area contributed by atoms with Crippen molar-refractivity contribution in [1.29, 1.82) is 0 Å². The van der Waals surface area contributed by atoms with Gasteiger partial charge in [-0.15, -0.1) is 0 Å². The van der Waals surface area contributed by atoms with Crippen LogP contribution >= 0.6 is 11.3 Å². The zero-order valence-corrected chi connectivity index (χ0v) is 21.3. The van der Waals surface area contributed by atoms with Crippen LogP contribution in [-0.2, 0) is 3.53 Å². The van der Waals surface area contributed by atoms with Gasteiger partial charge in [0.15, 0.2) is 0 Å². The van der Waals surface area contributed by atoms with E-state index >= 15 is 0 Å². The number of aryl methyl sites for hydroxylation is 2. The van der Waals surface area contributed by atoms with Crippen LogP contribution in [0.4, 0.5) is 0 Å². The van der Waals surface area contributed by atoms with Gasteiger partial charge in [0.05, 0.1) is 0 Å². The summed E-state index contributed by atoms with van der Waals surface area (Å²) < 4.78 is 18.4. The first-order valence-corrected chi connectivity index (χ1v) is 14.3. The van der Waals surface area contributed by atoms with Gasteiger partial charge < -0.3 is 0 Å². The van der Waals surface area contributed by atoms with Gasteiger partial charge in [-0.25, -0.2) is 0 Å². The predicted molar refractivity (Wildman–Crippen MR) is 130 cm³/mol. The summed E-state index contributed by atoms with van der Waals surface area (Å²) in [6.45, 7) is 3.85. The third-order valence-electron chi connectivity index (χ3n) is 5.05. The first-order chi connectivity index (χ1) is 16.1. The summed E-state index contributed by atoms with van der Waals surface area (Å²) >= 11 is -2.23. The van der Waals surface area contributed by atoms with Gasteiger partial charge in [0.2, 0.25) is 0 Å². The molecule has 0 aliphatic heterocycles. The van der Waals surface area contributed by atoms with E-state index in [-0.39, 0.29) is 0 Å². The normalized spacial score (nSPS) is 10.8. The van der Waals surface area contributed by atoms with Crippen molar-refractivity contribution in [3.63, 3.8) is 0 Å². The van der Waals surface area contributed by atoms with Crippen LogP contribution in [0.1, 0.15) is 21.7 Å². The minimum atomic E-state index is -3.66. The zero-order valence-electron chi connectivity index (χ0n) is 18.0. The number of nitrogens with zero attached hydrogens (tertiary/aromatic N) is 2. The Balaban J connectivity index is 1.52. The summed E-state index contributed by atoms with van der Waals surface area (Å²) in [5.74, 6) is 0.599. The minimum absolute atomic E-state index is 0.463. The molecule has 0 aliphatic rings. The van der Waals surface area contributed by atoms with E-state index in [2.05, 4.69) is 9.97 Å². The van der Waals surface area contributed by atoms with Crippen molar-refractivity contribution in [2.45, 2.75) is 13.8 Å². The summed E-state index contributed by atoms with van der Waals surface area (Å²) in [6.07, 6.45) is 0. The molecule has 3 heterocycles. The van der Waals surface area contributed by atoms with Gasteiger partial charge in [-0.3, -0.25) is 0 Å².